The fourth-order valence-corrected chi connectivity index (χ4v) is 1.81. The molecule has 18 heavy (non-hydrogen) atoms. The van der Waals surface area contributed by atoms with E-state index in [0.29, 0.717) is 0 Å². The maximum absolute atomic E-state index is 8.79. The zero-order chi connectivity index (χ0) is 11.9. The lowest BCUT2D eigenvalue weighted by molar-refractivity contribution is 0.292. The molecule has 2 rings (SSSR count). The summed E-state index contributed by atoms with van der Waals surface area (Å²) in [5.74, 6) is 0. The summed E-state index contributed by atoms with van der Waals surface area (Å²) < 4.78 is 0. The summed E-state index contributed by atoms with van der Waals surface area (Å²) in [4.78, 5) is 0. The zero-order valence-corrected chi connectivity index (χ0v) is 11.0. The molecule has 0 aromatic heterocycles. The minimum atomic E-state index is 0. The van der Waals surface area contributed by atoms with E-state index in [1.165, 1.54) is 11.1 Å². The van der Waals surface area contributed by atoms with Crippen molar-refractivity contribution in [2.45, 2.75) is 6.42 Å². The van der Waals surface area contributed by atoms with Crippen molar-refractivity contribution in [1.29, 1.82) is 0 Å². The third-order valence-corrected chi connectivity index (χ3v) is 2.66. The normalized spacial score (nSPS) is 9.61. The molecule has 0 saturated heterocycles. The summed E-state index contributed by atoms with van der Waals surface area (Å²) in [6, 6.07) is 18.5. The first kappa shape index (κ1) is 14.6. The first-order valence-electron chi connectivity index (χ1n) is 5.91. The first-order valence-corrected chi connectivity index (χ1v) is 5.91. The predicted molar refractivity (Wildman–Crippen MR) is 79.3 cm³/mol. The predicted octanol–water partition coefficient (Wildman–Crippen LogP) is 3.57. The smallest absolute Gasteiger partial charge is 0.0447 e. The van der Waals surface area contributed by atoms with Crippen LogP contribution in [0.1, 0.15) is 6.42 Å². The van der Waals surface area contributed by atoms with Gasteiger partial charge in [0.2, 0.25) is 0 Å². The number of hydrogen-bond donors (Lipinski definition) is 2. The molecule has 0 fully saturated rings. The van der Waals surface area contributed by atoms with E-state index in [2.05, 4.69) is 29.6 Å². The van der Waals surface area contributed by atoms with E-state index in [0.717, 1.165) is 18.7 Å². The van der Waals surface area contributed by atoms with Crippen molar-refractivity contribution in [3.8, 4) is 11.1 Å². The molecule has 0 unspecified atom stereocenters. The topological polar surface area (TPSA) is 32.3 Å². The minimum absolute atomic E-state index is 0. The summed E-state index contributed by atoms with van der Waals surface area (Å²) in [5.41, 5.74) is 3.53. The first-order chi connectivity index (χ1) is 8.42. The quantitative estimate of drug-likeness (QED) is 0.809. The van der Waals surface area contributed by atoms with E-state index < -0.39 is 0 Å². The number of aliphatic hydroxyl groups excluding tert-OH is 1. The average Bonchev–Trinajstić information content (AvgIpc) is 2.41. The number of aliphatic hydroxyl groups is 1. The summed E-state index contributed by atoms with van der Waals surface area (Å²) >= 11 is 0. The molecule has 0 aliphatic carbocycles. The summed E-state index contributed by atoms with van der Waals surface area (Å²) in [6.07, 6.45) is 0.767. The van der Waals surface area contributed by atoms with Crippen LogP contribution in [0.5, 0.6) is 0 Å². The average molecular weight is 264 g/mol. The molecule has 0 heterocycles. The Morgan fingerprint density at radius 3 is 2.28 bits per heavy atom. The van der Waals surface area contributed by atoms with Gasteiger partial charge in [-0.2, -0.15) is 0 Å². The van der Waals surface area contributed by atoms with Gasteiger partial charge in [0.1, 0.15) is 0 Å². The van der Waals surface area contributed by atoms with E-state index in [1.54, 1.807) is 0 Å². The highest BCUT2D eigenvalue weighted by Crippen LogP contribution is 2.27. The summed E-state index contributed by atoms with van der Waals surface area (Å²) in [5, 5.41) is 12.1. The van der Waals surface area contributed by atoms with Gasteiger partial charge in [0, 0.05) is 24.4 Å². The molecule has 2 nitrogen and oxygen atoms in total. The molecule has 0 aliphatic rings. The maximum atomic E-state index is 8.79. The fraction of sp³-hybridized carbons (Fsp3) is 0.200. The number of rotatable bonds is 5. The number of para-hydroxylation sites is 1. The van der Waals surface area contributed by atoms with Gasteiger partial charge in [0.05, 0.1) is 0 Å². The lowest BCUT2D eigenvalue weighted by atomic mass is 10.0. The Morgan fingerprint density at radius 1 is 0.889 bits per heavy atom. The van der Waals surface area contributed by atoms with Gasteiger partial charge < -0.3 is 10.4 Å². The van der Waals surface area contributed by atoms with Crippen LogP contribution in [0, 0.1) is 0 Å². The van der Waals surface area contributed by atoms with Crippen molar-refractivity contribution in [2.75, 3.05) is 18.5 Å². The van der Waals surface area contributed by atoms with Gasteiger partial charge in [-0.3, -0.25) is 0 Å². The molecule has 2 aromatic rings. The van der Waals surface area contributed by atoms with Gasteiger partial charge in [0.25, 0.3) is 0 Å². The Bertz CT molecular complexity index is 459. The van der Waals surface area contributed by atoms with Crippen LogP contribution in [0.3, 0.4) is 0 Å². The van der Waals surface area contributed by atoms with Crippen LogP contribution in [0.4, 0.5) is 5.69 Å². The highest BCUT2D eigenvalue weighted by atomic mass is 35.5. The van der Waals surface area contributed by atoms with Crippen LogP contribution in [0.15, 0.2) is 54.6 Å². The lowest BCUT2D eigenvalue weighted by Crippen LogP contribution is -2.04. The Kier molecular flexibility index (Phi) is 6.26. The Morgan fingerprint density at radius 2 is 1.56 bits per heavy atom. The lowest BCUT2D eigenvalue weighted by Gasteiger charge is -2.11. The van der Waals surface area contributed by atoms with Crippen LogP contribution in [0.2, 0.25) is 0 Å². The van der Waals surface area contributed by atoms with E-state index in [9.17, 15) is 0 Å². The van der Waals surface area contributed by atoms with Crippen LogP contribution in [-0.4, -0.2) is 18.3 Å². The van der Waals surface area contributed by atoms with Gasteiger partial charge in [-0.05, 0) is 18.1 Å². The number of hydrogen-bond acceptors (Lipinski definition) is 2. The molecule has 0 atom stereocenters. The highest BCUT2D eigenvalue weighted by molar-refractivity contribution is 5.85. The molecule has 2 aromatic carbocycles. The van der Waals surface area contributed by atoms with Crippen LogP contribution < -0.4 is 5.32 Å². The molecular weight excluding hydrogens is 246 g/mol. The molecule has 2 N–H and O–H groups in total. The fourth-order valence-electron chi connectivity index (χ4n) is 1.81. The van der Waals surface area contributed by atoms with E-state index in [1.807, 2.05) is 30.3 Å². The van der Waals surface area contributed by atoms with Gasteiger partial charge in [-0.1, -0.05) is 48.5 Å². The standard InChI is InChI=1S/C15H17NO.ClH/c17-12-6-11-16-15-10-5-4-9-14(15)13-7-2-1-3-8-13;/h1-5,7-10,16-17H,6,11-12H2;1H. The zero-order valence-electron chi connectivity index (χ0n) is 10.2. The second-order valence-corrected chi connectivity index (χ2v) is 3.92. The molecule has 0 aliphatic heterocycles. The third kappa shape index (κ3) is 3.76. The van der Waals surface area contributed by atoms with Gasteiger partial charge in [0.15, 0.2) is 0 Å². The van der Waals surface area contributed by atoms with Crippen molar-refractivity contribution in [1.82, 2.24) is 0 Å². The van der Waals surface area contributed by atoms with Crippen LogP contribution in [0.25, 0.3) is 11.1 Å². The third-order valence-electron chi connectivity index (χ3n) is 2.66. The Labute approximate surface area is 114 Å². The second kappa shape index (κ2) is 7.75. The molecule has 96 valence electrons. The molecule has 0 radical (unpaired) electrons. The van der Waals surface area contributed by atoms with Gasteiger partial charge in [-0.15, -0.1) is 12.4 Å². The molecule has 3 heteroatoms. The largest absolute Gasteiger partial charge is 0.396 e. The number of nitrogens with one attached hydrogen (secondary N) is 1. The summed E-state index contributed by atoms with van der Waals surface area (Å²) in [6.45, 7) is 1.01. The molecule has 0 amide bonds. The van der Waals surface area contributed by atoms with Gasteiger partial charge >= 0.3 is 0 Å². The van der Waals surface area contributed by atoms with Crippen molar-refractivity contribution in [3.63, 3.8) is 0 Å². The van der Waals surface area contributed by atoms with Gasteiger partial charge in [-0.25, -0.2) is 0 Å². The number of halogens is 1. The van der Waals surface area contributed by atoms with Crippen molar-refractivity contribution in [2.24, 2.45) is 0 Å². The summed E-state index contributed by atoms with van der Waals surface area (Å²) in [7, 11) is 0. The van der Waals surface area contributed by atoms with Crippen molar-refractivity contribution >= 4 is 18.1 Å². The molecular formula is C15H18ClNO. The maximum Gasteiger partial charge on any atom is 0.0447 e. The second-order valence-electron chi connectivity index (χ2n) is 3.92. The SMILES string of the molecule is Cl.OCCCNc1ccccc1-c1ccccc1. The van der Waals surface area contributed by atoms with E-state index in [-0.39, 0.29) is 19.0 Å². The van der Waals surface area contributed by atoms with E-state index >= 15 is 0 Å². The van der Waals surface area contributed by atoms with E-state index in [4.69, 9.17) is 5.11 Å². The number of anilines is 1. The highest BCUT2D eigenvalue weighted by Gasteiger charge is 2.02. The van der Waals surface area contributed by atoms with Crippen LogP contribution >= 0.6 is 12.4 Å². The van der Waals surface area contributed by atoms with Crippen LogP contribution in [-0.2, 0) is 0 Å². The molecule has 0 spiro atoms. The minimum Gasteiger partial charge on any atom is -0.396 e. The Balaban J connectivity index is 0.00000162. The van der Waals surface area contributed by atoms with Crippen molar-refractivity contribution in [3.05, 3.63) is 54.6 Å². The Hall–Kier alpha value is -1.51. The monoisotopic (exact) mass is 263 g/mol. The number of benzene rings is 2. The van der Waals surface area contributed by atoms with Crippen molar-refractivity contribution < 1.29 is 5.11 Å². The molecule has 0 bridgehead atoms. The molecule has 0 saturated carbocycles.